The first-order chi connectivity index (χ1) is 12.2. The highest BCUT2D eigenvalue weighted by atomic mass is 16.4. The molecule has 0 spiro atoms. The van der Waals surface area contributed by atoms with E-state index in [1.807, 2.05) is 6.92 Å². The maximum absolute atomic E-state index is 12.4. The van der Waals surface area contributed by atoms with Crippen molar-refractivity contribution in [3.63, 3.8) is 0 Å². The van der Waals surface area contributed by atoms with Crippen molar-refractivity contribution < 1.29 is 13.6 Å². The van der Waals surface area contributed by atoms with E-state index in [0.717, 1.165) is 12.8 Å². The molecule has 0 radical (unpaired) electrons. The zero-order valence-electron chi connectivity index (χ0n) is 13.8. The third-order valence-corrected chi connectivity index (χ3v) is 4.26. The molecule has 1 aliphatic heterocycles. The third kappa shape index (κ3) is 3.15. The lowest BCUT2D eigenvalue weighted by Crippen LogP contribution is -2.39. The van der Waals surface area contributed by atoms with Gasteiger partial charge in [0, 0.05) is 25.5 Å². The van der Waals surface area contributed by atoms with Crippen LogP contribution < -0.4 is 0 Å². The predicted molar refractivity (Wildman–Crippen MR) is 86.6 cm³/mol. The van der Waals surface area contributed by atoms with E-state index in [1.54, 1.807) is 29.4 Å². The molecule has 0 bridgehead atoms. The number of carbonyl (C=O) groups is 1. The Balaban J connectivity index is 1.50. The average Bonchev–Trinajstić information content (AvgIpc) is 3.34. The summed E-state index contributed by atoms with van der Waals surface area (Å²) in [7, 11) is 0. The molecule has 8 nitrogen and oxygen atoms in total. The molecular formula is C17H17N5O3. The van der Waals surface area contributed by atoms with E-state index in [-0.39, 0.29) is 11.8 Å². The zero-order chi connectivity index (χ0) is 17.2. The Labute approximate surface area is 143 Å². The van der Waals surface area contributed by atoms with E-state index in [9.17, 15) is 4.79 Å². The van der Waals surface area contributed by atoms with Crippen LogP contribution in [0.4, 0.5) is 0 Å². The van der Waals surface area contributed by atoms with Crippen LogP contribution in [-0.4, -0.2) is 44.1 Å². The van der Waals surface area contributed by atoms with Gasteiger partial charge in [-0.25, -0.2) is 9.97 Å². The minimum Gasteiger partial charge on any atom is -0.459 e. The molecule has 4 rings (SSSR count). The Morgan fingerprint density at radius 2 is 2.12 bits per heavy atom. The maximum atomic E-state index is 12.4. The summed E-state index contributed by atoms with van der Waals surface area (Å²) < 4.78 is 11.0. The highest BCUT2D eigenvalue weighted by Gasteiger charge is 2.30. The molecule has 1 fully saturated rings. The Bertz CT molecular complexity index is 857. The summed E-state index contributed by atoms with van der Waals surface area (Å²) in [6.07, 6.45) is 6.60. The van der Waals surface area contributed by atoms with Crippen molar-refractivity contribution in [2.75, 3.05) is 13.1 Å². The van der Waals surface area contributed by atoms with Crippen LogP contribution in [0.25, 0.3) is 11.5 Å². The van der Waals surface area contributed by atoms with Crippen LogP contribution in [0.2, 0.25) is 0 Å². The van der Waals surface area contributed by atoms with Gasteiger partial charge in [0.1, 0.15) is 5.82 Å². The molecule has 0 saturated carbocycles. The van der Waals surface area contributed by atoms with E-state index in [1.165, 1.54) is 6.26 Å². The van der Waals surface area contributed by atoms with Crippen LogP contribution in [0.5, 0.6) is 0 Å². The largest absolute Gasteiger partial charge is 0.459 e. The summed E-state index contributed by atoms with van der Waals surface area (Å²) in [5.74, 6) is 1.87. The number of aromatic nitrogens is 4. The van der Waals surface area contributed by atoms with Crippen LogP contribution in [0.15, 0.2) is 39.6 Å². The van der Waals surface area contributed by atoms with Gasteiger partial charge in [-0.2, -0.15) is 0 Å². The number of aryl methyl sites for hydroxylation is 1. The Morgan fingerprint density at radius 1 is 1.28 bits per heavy atom. The minimum atomic E-state index is -0.110. The predicted octanol–water partition coefficient (Wildman–Crippen LogP) is 2.45. The van der Waals surface area contributed by atoms with Crippen molar-refractivity contribution in [3.05, 3.63) is 48.3 Å². The number of furan rings is 1. The molecule has 3 aromatic heterocycles. The van der Waals surface area contributed by atoms with Crippen LogP contribution in [0, 0.1) is 6.92 Å². The molecule has 0 N–H and O–H groups in total. The molecule has 4 heterocycles. The van der Waals surface area contributed by atoms with Crippen molar-refractivity contribution >= 4 is 5.91 Å². The van der Waals surface area contributed by atoms with E-state index in [4.69, 9.17) is 8.83 Å². The molecule has 128 valence electrons. The topological polar surface area (TPSA) is 98.2 Å². The molecule has 0 unspecified atom stereocenters. The molecule has 0 aliphatic carbocycles. The monoisotopic (exact) mass is 339 g/mol. The highest BCUT2D eigenvalue weighted by molar-refractivity contribution is 5.91. The number of likely N-dealkylation sites (tertiary alicyclic amines) is 1. The summed E-state index contributed by atoms with van der Waals surface area (Å²) in [5, 5.41) is 8.25. The van der Waals surface area contributed by atoms with Gasteiger partial charge < -0.3 is 13.7 Å². The van der Waals surface area contributed by atoms with E-state index >= 15 is 0 Å². The molecule has 25 heavy (non-hydrogen) atoms. The second-order valence-electron chi connectivity index (χ2n) is 6.03. The quantitative estimate of drug-likeness (QED) is 0.722. The lowest BCUT2D eigenvalue weighted by Gasteiger charge is -2.30. The standard InChI is InChI=1S/C17H17N5O3/c1-11-18-8-13(9-19-11)16-21-20-15(25-16)12-4-2-6-22(10-12)17(23)14-5-3-7-24-14/h3,5,7-9,12H,2,4,6,10H2,1H3/t12-/m0/s1. The lowest BCUT2D eigenvalue weighted by atomic mass is 9.98. The third-order valence-electron chi connectivity index (χ3n) is 4.26. The molecular weight excluding hydrogens is 322 g/mol. The van der Waals surface area contributed by atoms with Crippen molar-refractivity contribution in [2.24, 2.45) is 0 Å². The van der Waals surface area contributed by atoms with Crippen LogP contribution in [0.1, 0.15) is 41.0 Å². The van der Waals surface area contributed by atoms with Gasteiger partial charge >= 0.3 is 0 Å². The average molecular weight is 339 g/mol. The Morgan fingerprint density at radius 3 is 2.88 bits per heavy atom. The first-order valence-corrected chi connectivity index (χ1v) is 8.16. The normalized spacial score (nSPS) is 17.6. The molecule has 0 aromatic carbocycles. The first kappa shape index (κ1) is 15.5. The number of nitrogens with zero attached hydrogens (tertiary/aromatic N) is 5. The minimum absolute atomic E-state index is 0.0141. The molecule has 1 atom stereocenters. The van der Waals surface area contributed by atoms with Gasteiger partial charge in [0.25, 0.3) is 11.8 Å². The Kier molecular flexibility index (Phi) is 4.01. The summed E-state index contributed by atoms with van der Waals surface area (Å²) in [6.45, 7) is 3.05. The fraction of sp³-hybridized carbons (Fsp3) is 0.353. The number of carbonyl (C=O) groups excluding carboxylic acids is 1. The lowest BCUT2D eigenvalue weighted by molar-refractivity contribution is 0.0666. The summed E-state index contributed by atoms with van der Waals surface area (Å²) in [6, 6.07) is 3.39. The second-order valence-corrected chi connectivity index (χ2v) is 6.03. The van der Waals surface area contributed by atoms with E-state index < -0.39 is 0 Å². The fourth-order valence-corrected chi connectivity index (χ4v) is 2.94. The van der Waals surface area contributed by atoms with Gasteiger partial charge in [-0.1, -0.05) is 0 Å². The van der Waals surface area contributed by atoms with E-state index in [2.05, 4.69) is 20.2 Å². The van der Waals surface area contributed by atoms with Crippen molar-refractivity contribution in [1.82, 2.24) is 25.1 Å². The van der Waals surface area contributed by atoms with Gasteiger partial charge in [0.05, 0.1) is 17.7 Å². The maximum Gasteiger partial charge on any atom is 0.289 e. The number of rotatable bonds is 3. The molecule has 1 aliphatic rings. The molecule has 1 saturated heterocycles. The van der Waals surface area contributed by atoms with Gasteiger partial charge in [0.15, 0.2) is 5.76 Å². The number of piperidine rings is 1. The van der Waals surface area contributed by atoms with Gasteiger partial charge in [-0.15, -0.1) is 10.2 Å². The van der Waals surface area contributed by atoms with Crippen molar-refractivity contribution in [2.45, 2.75) is 25.7 Å². The first-order valence-electron chi connectivity index (χ1n) is 8.16. The second kappa shape index (κ2) is 6.46. The highest BCUT2D eigenvalue weighted by Crippen LogP contribution is 2.28. The van der Waals surface area contributed by atoms with Gasteiger partial charge in [0.2, 0.25) is 5.89 Å². The fourth-order valence-electron chi connectivity index (χ4n) is 2.94. The number of hydrogen-bond acceptors (Lipinski definition) is 7. The Hall–Kier alpha value is -3.03. The van der Waals surface area contributed by atoms with Gasteiger partial charge in [-0.05, 0) is 31.9 Å². The molecule has 1 amide bonds. The van der Waals surface area contributed by atoms with Crippen LogP contribution >= 0.6 is 0 Å². The van der Waals surface area contributed by atoms with E-state index in [0.29, 0.717) is 42.0 Å². The van der Waals surface area contributed by atoms with Crippen LogP contribution in [-0.2, 0) is 0 Å². The van der Waals surface area contributed by atoms with Crippen molar-refractivity contribution in [1.29, 1.82) is 0 Å². The number of amides is 1. The molecule has 8 heteroatoms. The summed E-state index contributed by atoms with van der Waals surface area (Å²) in [4.78, 5) is 22.5. The van der Waals surface area contributed by atoms with Gasteiger partial charge in [-0.3, -0.25) is 4.79 Å². The summed E-state index contributed by atoms with van der Waals surface area (Å²) in [5.41, 5.74) is 0.684. The smallest absolute Gasteiger partial charge is 0.289 e. The molecule has 3 aromatic rings. The zero-order valence-corrected chi connectivity index (χ0v) is 13.8. The van der Waals surface area contributed by atoms with Crippen molar-refractivity contribution in [3.8, 4) is 11.5 Å². The van der Waals surface area contributed by atoms with Crippen LogP contribution in [0.3, 0.4) is 0 Å². The number of hydrogen-bond donors (Lipinski definition) is 0. The summed E-state index contributed by atoms with van der Waals surface area (Å²) >= 11 is 0. The SMILES string of the molecule is Cc1ncc(-c2nnc([C@H]3CCCN(C(=O)c4ccco4)C3)o2)cn1.